The maximum atomic E-state index is 12.5. The first kappa shape index (κ1) is 23.2. The predicted octanol–water partition coefficient (Wildman–Crippen LogP) is 1.62. The van der Waals surface area contributed by atoms with Crippen molar-refractivity contribution in [2.24, 2.45) is 5.92 Å². The molecular formula is C17H32N2O6. The second-order valence-corrected chi connectivity index (χ2v) is 7.19. The molecule has 2 atom stereocenters. The standard InChI is InChI=1S/C17H32N2O6/c1-11(2)10-13(19-16(22)25-17(3,4)5)14(20)18-12(8-9-23-6)15(21)24-7/h11-13H,8-10H2,1-7H3,(H,18,20)(H,19,22)/t12-,13-/m0/s1. The summed E-state index contributed by atoms with van der Waals surface area (Å²) in [6.07, 6.45) is -0.00117. The minimum atomic E-state index is -0.840. The Morgan fingerprint density at radius 2 is 1.60 bits per heavy atom. The normalized spacial score (nSPS) is 13.8. The number of methoxy groups -OCH3 is 2. The Kier molecular flexibility index (Phi) is 10.1. The molecule has 25 heavy (non-hydrogen) atoms. The van der Waals surface area contributed by atoms with Crippen molar-refractivity contribution < 1.29 is 28.6 Å². The number of hydrogen-bond donors (Lipinski definition) is 2. The molecule has 0 aromatic heterocycles. The van der Waals surface area contributed by atoms with E-state index in [1.165, 1.54) is 14.2 Å². The van der Waals surface area contributed by atoms with Crippen LogP contribution in [0.4, 0.5) is 4.79 Å². The van der Waals surface area contributed by atoms with Crippen LogP contribution in [0, 0.1) is 5.92 Å². The molecule has 0 aliphatic heterocycles. The van der Waals surface area contributed by atoms with E-state index in [0.717, 1.165) is 0 Å². The number of ether oxygens (including phenoxy) is 3. The Bertz CT molecular complexity index is 445. The van der Waals surface area contributed by atoms with Gasteiger partial charge >= 0.3 is 12.1 Å². The Hall–Kier alpha value is -1.83. The molecule has 2 N–H and O–H groups in total. The largest absolute Gasteiger partial charge is 0.467 e. The van der Waals surface area contributed by atoms with Crippen molar-refractivity contribution >= 4 is 18.0 Å². The fourth-order valence-corrected chi connectivity index (χ4v) is 2.05. The number of carbonyl (C=O) groups excluding carboxylic acids is 3. The molecule has 0 spiro atoms. The lowest BCUT2D eigenvalue weighted by molar-refractivity contribution is -0.145. The van der Waals surface area contributed by atoms with Gasteiger partial charge in [-0.2, -0.15) is 0 Å². The van der Waals surface area contributed by atoms with E-state index in [1.54, 1.807) is 20.8 Å². The summed E-state index contributed by atoms with van der Waals surface area (Å²) in [5.41, 5.74) is -0.671. The lowest BCUT2D eigenvalue weighted by atomic mass is 10.0. The van der Waals surface area contributed by atoms with Gasteiger partial charge in [-0.3, -0.25) is 4.79 Å². The molecule has 0 bridgehead atoms. The monoisotopic (exact) mass is 360 g/mol. The number of hydrogen-bond acceptors (Lipinski definition) is 6. The topological polar surface area (TPSA) is 103 Å². The van der Waals surface area contributed by atoms with Gasteiger partial charge in [0.2, 0.25) is 5.91 Å². The zero-order chi connectivity index (χ0) is 19.6. The van der Waals surface area contributed by atoms with Crippen LogP contribution in [0.2, 0.25) is 0 Å². The zero-order valence-corrected chi connectivity index (χ0v) is 16.3. The molecular weight excluding hydrogens is 328 g/mol. The number of carbonyl (C=O) groups is 3. The van der Waals surface area contributed by atoms with Gasteiger partial charge in [-0.25, -0.2) is 9.59 Å². The van der Waals surface area contributed by atoms with Crippen molar-refractivity contribution in [3.63, 3.8) is 0 Å². The van der Waals surface area contributed by atoms with Gasteiger partial charge in [0, 0.05) is 20.1 Å². The van der Waals surface area contributed by atoms with Crippen LogP contribution >= 0.6 is 0 Å². The molecule has 0 radical (unpaired) electrons. The molecule has 146 valence electrons. The van der Waals surface area contributed by atoms with Crippen molar-refractivity contribution in [3.05, 3.63) is 0 Å². The molecule has 0 aliphatic rings. The molecule has 0 rings (SSSR count). The number of esters is 1. The summed E-state index contributed by atoms with van der Waals surface area (Å²) in [4.78, 5) is 36.3. The highest BCUT2D eigenvalue weighted by molar-refractivity contribution is 5.89. The first-order valence-corrected chi connectivity index (χ1v) is 8.36. The van der Waals surface area contributed by atoms with Gasteiger partial charge in [-0.05, 0) is 33.1 Å². The minimum Gasteiger partial charge on any atom is -0.467 e. The van der Waals surface area contributed by atoms with Crippen molar-refractivity contribution in [1.82, 2.24) is 10.6 Å². The quantitative estimate of drug-likeness (QED) is 0.606. The molecule has 0 aromatic rings. The van der Waals surface area contributed by atoms with Crippen molar-refractivity contribution in [1.29, 1.82) is 0 Å². The summed E-state index contributed by atoms with van der Waals surface area (Å²) in [6, 6.07) is -1.66. The fraction of sp³-hybridized carbons (Fsp3) is 0.824. The van der Waals surface area contributed by atoms with E-state index in [4.69, 9.17) is 14.2 Å². The van der Waals surface area contributed by atoms with Crippen molar-refractivity contribution in [2.75, 3.05) is 20.8 Å². The first-order valence-electron chi connectivity index (χ1n) is 8.36. The predicted molar refractivity (Wildman–Crippen MR) is 93.1 cm³/mol. The minimum absolute atomic E-state index is 0.154. The Labute approximate surface area is 150 Å². The molecule has 0 saturated heterocycles. The molecule has 0 aliphatic carbocycles. The Balaban J connectivity index is 5.01. The molecule has 0 saturated carbocycles. The Morgan fingerprint density at radius 1 is 1.00 bits per heavy atom. The van der Waals surface area contributed by atoms with Crippen LogP contribution in [0.25, 0.3) is 0 Å². The number of alkyl carbamates (subject to hydrolysis) is 1. The number of rotatable bonds is 9. The molecule has 0 fully saturated rings. The molecule has 0 aromatic carbocycles. The van der Waals surface area contributed by atoms with E-state index in [2.05, 4.69) is 10.6 Å². The van der Waals surface area contributed by atoms with E-state index < -0.39 is 35.7 Å². The summed E-state index contributed by atoms with van der Waals surface area (Å²) in [5.74, 6) is -0.877. The van der Waals surface area contributed by atoms with E-state index in [1.807, 2.05) is 13.8 Å². The average molecular weight is 360 g/mol. The summed E-state index contributed by atoms with van der Waals surface area (Å²) in [5, 5.41) is 5.18. The summed E-state index contributed by atoms with van der Waals surface area (Å²) < 4.78 is 14.8. The molecule has 8 nitrogen and oxygen atoms in total. The highest BCUT2D eigenvalue weighted by Crippen LogP contribution is 2.10. The van der Waals surface area contributed by atoms with Crippen LogP contribution in [0.1, 0.15) is 47.5 Å². The van der Waals surface area contributed by atoms with Gasteiger partial charge in [0.1, 0.15) is 17.7 Å². The second-order valence-electron chi connectivity index (χ2n) is 7.19. The third-order valence-corrected chi connectivity index (χ3v) is 3.13. The van der Waals surface area contributed by atoms with Crippen molar-refractivity contribution in [2.45, 2.75) is 65.1 Å². The van der Waals surface area contributed by atoms with Crippen molar-refractivity contribution in [3.8, 4) is 0 Å². The van der Waals surface area contributed by atoms with E-state index in [-0.39, 0.29) is 18.9 Å². The lowest BCUT2D eigenvalue weighted by Crippen LogP contribution is -2.53. The SMILES string of the molecule is COCC[C@H](NC(=O)[C@H](CC(C)C)NC(=O)OC(C)(C)C)C(=O)OC. The van der Waals surface area contributed by atoms with E-state index in [0.29, 0.717) is 6.42 Å². The third-order valence-electron chi connectivity index (χ3n) is 3.13. The lowest BCUT2D eigenvalue weighted by Gasteiger charge is -2.25. The van der Waals surface area contributed by atoms with E-state index >= 15 is 0 Å². The highest BCUT2D eigenvalue weighted by atomic mass is 16.6. The van der Waals surface area contributed by atoms with E-state index in [9.17, 15) is 14.4 Å². The van der Waals surface area contributed by atoms with Crippen LogP contribution < -0.4 is 10.6 Å². The van der Waals surface area contributed by atoms with Gasteiger partial charge < -0.3 is 24.8 Å². The smallest absolute Gasteiger partial charge is 0.408 e. The van der Waals surface area contributed by atoms with Crippen LogP contribution in [-0.2, 0) is 23.8 Å². The van der Waals surface area contributed by atoms with Gasteiger partial charge in [0.25, 0.3) is 0 Å². The first-order chi connectivity index (χ1) is 11.5. The maximum Gasteiger partial charge on any atom is 0.408 e. The fourth-order valence-electron chi connectivity index (χ4n) is 2.05. The summed E-state index contributed by atoms with van der Waals surface area (Å²) in [7, 11) is 2.75. The van der Waals surface area contributed by atoms with Crippen LogP contribution in [0.15, 0.2) is 0 Å². The molecule has 0 unspecified atom stereocenters. The highest BCUT2D eigenvalue weighted by Gasteiger charge is 2.29. The third kappa shape index (κ3) is 10.6. The number of amides is 2. The average Bonchev–Trinajstić information content (AvgIpc) is 2.47. The molecule has 8 heteroatoms. The maximum absolute atomic E-state index is 12.5. The van der Waals surface area contributed by atoms with Gasteiger partial charge in [-0.15, -0.1) is 0 Å². The Morgan fingerprint density at radius 3 is 2.04 bits per heavy atom. The molecule has 2 amide bonds. The number of nitrogens with one attached hydrogen (secondary N) is 2. The van der Waals surface area contributed by atoms with Crippen LogP contribution in [-0.4, -0.2) is 56.5 Å². The summed E-state index contributed by atoms with van der Waals surface area (Å²) in [6.45, 7) is 9.36. The van der Waals surface area contributed by atoms with Crippen LogP contribution in [0.5, 0.6) is 0 Å². The molecule has 0 heterocycles. The zero-order valence-electron chi connectivity index (χ0n) is 16.3. The summed E-state index contributed by atoms with van der Waals surface area (Å²) >= 11 is 0. The van der Waals surface area contributed by atoms with Gasteiger partial charge in [0.15, 0.2) is 0 Å². The second kappa shape index (κ2) is 10.9. The van der Waals surface area contributed by atoms with Gasteiger partial charge in [0.05, 0.1) is 7.11 Å². The van der Waals surface area contributed by atoms with Crippen LogP contribution in [0.3, 0.4) is 0 Å². The van der Waals surface area contributed by atoms with Gasteiger partial charge in [-0.1, -0.05) is 13.8 Å².